The molecule has 5 nitrogen and oxygen atoms in total. The van der Waals surface area contributed by atoms with E-state index in [0.29, 0.717) is 11.6 Å². The van der Waals surface area contributed by atoms with E-state index in [1.54, 1.807) is 11.1 Å². The van der Waals surface area contributed by atoms with Gasteiger partial charge in [-0.05, 0) is 18.8 Å². The quantitative estimate of drug-likeness (QED) is 0.798. The number of aliphatic hydroxyl groups excluding tert-OH is 1. The van der Waals surface area contributed by atoms with E-state index in [2.05, 4.69) is 9.97 Å². The van der Waals surface area contributed by atoms with Gasteiger partial charge in [0, 0.05) is 32.1 Å². The average molecular weight is 221 g/mol. The minimum atomic E-state index is -0.0615. The molecule has 1 saturated heterocycles. The average Bonchev–Trinajstić information content (AvgIpc) is 2.78. The minimum absolute atomic E-state index is 0.0615. The van der Waals surface area contributed by atoms with Gasteiger partial charge < -0.3 is 10.0 Å². The van der Waals surface area contributed by atoms with Gasteiger partial charge in [0.05, 0.1) is 6.20 Å². The van der Waals surface area contributed by atoms with Gasteiger partial charge in [0.15, 0.2) is 0 Å². The Morgan fingerprint density at radius 1 is 1.56 bits per heavy atom. The van der Waals surface area contributed by atoms with Gasteiger partial charge in [-0.25, -0.2) is 4.98 Å². The highest BCUT2D eigenvalue weighted by Crippen LogP contribution is 2.20. The minimum Gasteiger partial charge on any atom is -0.396 e. The van der Waals surface area contributed by atoms with Gasteiger partial charge in [0.25, 0.3) is 5.91 Å². The third-order valence-corrected chi connectivity index (χ3v) is 2.89. The molecule has 0 radical (unpaired) electrons. The first-order valence-corrected chi connectivity index (χ1v) is 5.47. The molecule has 2 rings (SSSR count). The fraction of sp³-hybridized carbons (Fsp3) is 0.545. The van der Waals surface area contributed by atoms with Crippen LogP contribution in [0.4, 0.5) is 0 Å². The van der Waals surface area contributed by atoms with E-state index in [9.17, 15) is 4.79 Å². The molecule has 1 unspecified atom stereocenters. The lowest BCUT2D eigenvalue weighted by atomic mass is 10.1. The summed E-state index contributed by atoms with van der Waals surface area (Å²) in [6.45, 7) is 1.66. The monoisotopic (exact) mass is 221 g/mol. The Morgan fingerprint density at radius 3 is 3.12 bits per heavy atom. The Hall–Kier alpha value is -1.49. The third kappa shape index (κ3) is 2.36. The summed E-state index contributed by atoms with van der Waals surface area (Å²) in [5.41, 5.74) is 0.396. The van der Waals surface area contributed by atoms with Crippen LogP contribution in [0.1, 0.15) is 23.3 Å². The molecule has 0 spiro atoms. The molecule has 0 aliphatic carbocycles. The Morgan fingerprint density at radius 2 is 2.44 bits per heavy atom. The molecule has 1 aromatic rings. The molecule has 1 atom stereocenters. The van der Waals surface area contributed by atoms with Crippen LogP contribution >= 0.6 is 0 Å². The lowest BCUT2D eigenvalue weighted by Gasteiger charge is -2.15. The molecule has 1 aromatic heterocycles. The zero-order valence-electron chi connectivity index (χ0n) is 9.04. The van der Waals surface area contributed by atoms with Crippen molar-refractivity contribution in [1.29, 1.82) is 0 Å². The molecule has 2 heterocycles. The zero-order chi connectivity index (χ0) is 11.4. The van der Waals surface area contributed by atoms with Crippen molar-refractivity contribution in [3.8, 4) is 0 Å². The predicted octanol–water partition coefficient (Wildman–Crippen LogP) is 0.321. The summed E-state index contributed by atoms with van der Waals surface area (Å²) in [6.07, 6.45) is 6.29. The van der Waals surface area contributed by atoms with Crippen LogP contribution in [0.15, 0.2) is 18.6 Å². The first-order chi connectivity index (χ1) is 7.81. The lowest BCUT2D eigenvalue weighted by molar-refractivity contribution is 0.0778. The molecule has 16 heavy (non-hydrogen) atoms. The maximum atomic E-state index is 12.0. The zero-order valence-corrected chi connectivity index (χ0v) is 9.04. The second kappa shape index (κ2) is 5.03. The summed E-state index contributed by atoms with van der Waals surface area (Å²) in [6, 6.07) is 0. The SMILES string of the molecule is O=C(c1cnccn1)N1CCC(CCO)C1. The number of nitrogens with zero attached hydrogens (tertiary/aromatic N) is 3. The highest BCUT2D eigenvalue weighted by Gasteiger charge is 2.27. The number of hydrogen-bond acceptors (Lipinski definition) is 4. The van der Waals surface area contributed by atoms with Crippen LogP contribution in [0.5, 0.6) is 0 Å². The van der Waals surface area contributed by atoms with Gasteiger partial charge in [0.2, 0.25) is 0 Å². The van der Waals surface area contributed by atoms with Crippen LogP contribution in [-0.2, 0) is 0 Å². The normalized spacial score (nSPS) is 20.1. The maximum Gasteiger partial charge on any atom is 0.274 e. The van der Waals surface area contributed by atoms with E-state index in [1.165, 1.54) is 12.4 Å². The van der Waals surface area contributed by atoms with Gasteiger partial charge in [-0.2, -0.15) is 0 Å². The number of rotatable bonds is 3. The molecule has 1 aliphatic heterocycles. The van der Waals surface area contributed by atoms with E-state index in [-0.39, 0.29) is 12.5 Å². The molecule has 0 bridgehead atoms. The Labute approximate surface area is 94.1 Å². The molecule has 5 heteroatoms. The summed E-state index contributed by atoms with van der Waals surface area (Å²) in [7, 11) is 0. The second-order valence-electron chi connectivity index (χ2n) is 4.01. The fourth-order valence-electron chi connectivity index (χ4n) is 2.01. The number of likely N-dealkylation sites (tertiary alicyclic amines) is 1. The van der Waals surface area contributed by atoms with Crippen LogP contribution in [0, 0.1) is 5.92 Å². The molecule has 1 N–H and O–H groups in total. The largest absolute Gasteiger partial charge is 0.396 e. The van der Waals surface area contributed by atoms with E-state index in [4.69, 9.17) is 5.11 Å². The van der Waals surface area contributed by atoms with Crippen molar-refractivity contribution < 1.29 is 9.90 Å². The number of carbonyl (C=O) groups excluding carboxylic acids is 1. The van der Waals surface area contributed by atoms with Gasteiger partial charge in [0.1, 0.15) is 5.69 Å². The van der Waals surface area contributed by atoms with Crippen LogP contribution in [0.3, 0.4) is 0 Å². The van der Waals surface area contributed by atoms with Gasteiger partial charge in [-0.1, -0.05) is 0 Å². The smallest absolute Gasteiger partial charge is 0.274 e. The number of aromatic nitrogens is 2. The van der Waals surface area contributed by atoms with Gasteiger partial charge in [-0.3, -0.25) is 9.78 Å². The second-order valence-corrected chi connectivity index (χ2v) is 4.01. The van der Waals surface area contributed by atoms with Crippen LogP contribution < -0.4 is 0 Å². The summed E-state index contributed by atoms with van der Waals surface area (Å²) >= 11 is 0. The molecule has 0 aromatic carbocycles. The number of carbonyl (C=O) groups is 1. The molecule has 1 fully saturated rings. The molecular formula is C11H15N3O2. The van der Waals surface area contributed by atoms with Crippen LogP contribution in [0.25, 0.3) is 0 Å². The lowest BCUT2D eigenvalue weighted by Crippen LogP contribution is -2.29. The molecule has 0 saturated carbocycles. The number of aliphatic hydroxyl groups is 1. The van der Waals surface area contributed by atoms with Crippen LogP contribution in [-0.4, -0.2) is 45.6 Å². The highest BCUT2D eigenvalue weighted by atomic mass is 16.3. The Bertz CT molecular complexity index is 356. The number of hydrogen-bond donors (Lipinski definition) is 1. The van der Waals surface area contributed by atoms with Crippen molar-refractivity contribution in [2.24, 2.45) is 5.92 Å². The first kappa shape index (κ1) is 11.0. The Kier molecular flexibility index (Phi) is 3.46. The fourth-order valence-corrected chi connectivity index (χ4v) is 2.01. The van der Waals surface area contributed by atoms with Crippen molar-refractivity contribution in [3.63, 3.8) is 0 Å². The molecule has 1 amide bonds. The van der Waals surface area contributed by atoms with Crippen molar-refractivity contribution in [2.45, 2.75) is 12.8 Å². The van der Waals surface area contributed by atoms with E-state index in [1.807, 2.05) is 0 Å². The topological polar surface area (TPSA) is 66.3 Å². The first-order valence-electron chi connectivity index (χ1n) is 5.47. The summed E-state index contributed by atoms with van der Waals surface area (Å²) < 4.78 is 0. The van der Waals surface area contributed by atoms with Gasteiger partial charge in [-0.15, -0.1) is 0 Å². The summed E-state index contributed by atoms with van der Waals surface area (Å²) in [4.78, 5) is 21.6. The maximum absolute atomic E-state index is 12.0. The van der Waals surface area contributed by atoms with E-state index >= 15 is 0 Å². The Balaban J connectivity index is 1.97. The molecular weight excluding hydrogens is 206 g/mol. The van der Waals surface area contributed by atoms with Gasteiger partial charge >= 0.3 is 0 Å². The van der Waals surface area contributed by atoms with Crippen molar-refractivity contribution in [3.05, 3.63) is 24.3 Å². The summed E-state index contributed by atoms with van der Waals surface area (Å²) in [5.74, 6) is 0.360. The summed E-state index contributed by atoms with van der Waals surface area (Å²) in [5, 5.41) is 8.84. The van der Waals surface area contributed by atoms with Crippen molar-refractivity contribution in [1.82, 2.24) is 14.9 Å². The molecule has 86 valence electrons. The standard InChI is InChI=1S/C11H15N3O2/c15-6-2-9-1-5-14(8-9)11(16)10-7-12-3-4-13-10/h3-4,7,9,15H,1-2,5-6,8H2. The van der Waals surface area contributed by atoms with Crippen LogP contribution in [0.2, 0.25) is 0 Å². The third-order valence-electron chi connectivity index (χ3n) is 2.89. The van der Waals surface area contributed by atoms with E-state index in [0.717, 1.165) is 25.9 Å². The van der Waals surface area contributed by atoms with Crippen molar-refractivity contribution in [2.75, 3.05) is 19.7 Å². The highest BCUT2D eigenvalue weighted by molar-refractivity contribution is 5.92. The molecule has 1 aliphatic rings. The van der Waals surface area contributed by atoms with Crippen molar-refractivity contribution >= 4 is 5.91 Å². The number of amides is 1. The predicted molar refractivity (Wildman–Crippen MR) is 57.7 cm³/mol. The van der Waals surface area contributed by atoms with E-state index < -0.39 is 0 Å².